The van der Waals surface area contributed by atoms with Gasteiger partial charge in [-0.25, -0.2) is 9.97 Å². The molecule has 0 spiro atoms. The summed E-state index contributed by atoms with van der Waals surface area (Å²) in [7, 11) is 0. The summed E-state index contributed by atoms with van der Waals surface area (Å²) in [4.78, 5) is 24.6. The van der Waals surface area contributed by atoms with E-state index in [1.165, 1.54) is 6.92 Å². The van der Waals surface area contributed by atoms with E-state index in [-0.39, 0.29) is 11.6 Å². The number of carbonyl (C=O) groups excluding carboxylic acids is 1. The number of carbonyl (C=O) groups is 1. The number of hydrogen-bond acceptors (Lipinski definition) is 9. The molecule has 1 atom stereocenters. The lowest BCUT2D eigenvalue weighted by Crippen LogP contribution is -2.51. The molecule has 2 aromatic heterocycles. The molecule has 1 aliphatic rings. The molecule has 0 unspecified atom stereocenters. The third-order valence-corrected chi connectivity index (χ3v) is 5.33. The number of ether oxygens (including phenoxy) is 3. The standard InChI is InChI=1S/C24H29N5O4/c1-17(30)31-11-3-12-32-19-6-4-18(5-7-19)20-14-21-22(27-9-8-26-21)23(29-20)28-16-24(2)15-25-10-13-33-24/h4-9,14,25H,3,10-13,15-16H2,1-2H3,(H,28,29)/t24-/m0/s1. The van der Waals surface area contributed by atoms with Crippen molar-refractivity contribution in [2.24, 2.45) is 0 Å². The van der Waals surface area contributed by atoms with Crippen LogP contribution in [0, 0.1) is 0 Å². The van der Waals surface area contributed by atoms with E-state index in [2.05, 4.69) is 27.5 Å². The van der Waals surface area contributed by atoms with Gasteiger partial charge in [0.25, 0.3) is 0 Å². The van der Waals surface area contributed by atoms with Crippen LogP contribution in [-0.4, -0.2) is 66.0 Å². The van der Waals surface area contributed by atoms with Crippen molar-refractivity contribution in [3.63, 3.8) is 0 Å². The van der Waals surface area contributed by atoms with Gasteiger partial charge in [-0.3, -0.25) is 9.78 Å². The molecule has 2 N–H and O–H groups in total. The number of hydrogen-bond donors (Lipinski definition) is 2. The number of fused-ring (bicyclic) bond motifs is 1. The minimum atomic E-state index is -0.321. The minimum Gasteiger partial charge on any atom is -0.493 e. The Kier molecular flexibility index (Phi) is 7.31. The van der Waals surface area contributed by atoms with E-state index in [0.29, 0.717) is 38.6 Å². The number of morpholine rings is 1. The van der Waals surface area contributed by atoms with Gasteiger partial charge in [0.1, 0.15) is 11.3 Å². The third kappa shape index (κ3) is 6.15. The summed E-state index contributed by atoms with van der Waals surface area (Å²) < 4.78 is 16.6. The van der Waals surface area contributed by atoms with Gasteiger partial charge < -0.3 is 24.8 Å². The summed E-state index contributed by atoms with van der Waals surface area (Å²) in [5, 5.41) is 6.80. The SMILES string of the molecule is CC(=O)OCCCOc1ccc(-c2cc3nccnc3c(NC[C@]3(C)CNCCO3)n2)cc1. The van der Waals surface area contributed by atoms with Gasteiger partial charge in [0, 0.05) is 50.9 Å². The van der Waals surface area contributed by atoms with Crippen molar-refractivity contribution in [2.45, 2.75) is 25.9 Å². The third-order valence-electron chi connectivity index (χ3n) is 5.33. The van der Waals surface area contributed by atoms with E-state index in [9.17, 15) is 4.79 Å². The Morgan fingerprint density at radius 1 is 1.21 bits per heavy atom. The summed E-state index contributed by atoms with van der Waals surface area (Å²) >= 11 is 0. The van der Waals surface area contributed by atoms with Crippen molar-refractivity contribution in [3.05, 3.63) is 42.7 Å². The van der Waals surface area contributed by atoms with Crippen LogP contribution in [0.2, 0.25) is 0 Å². The number of aromatic nitrogens is 3. The van der Waals surface area contributed by atoms with E-state index in [1.54, 1.807) is 12.4 Å². The van der Waals surface area contributed by atoms with Gasteiger partial charge in [-0.05, 0) is 37.3 Å². The molecular formula is C24H29N5O4. The van der Waals surface area contributed by atoms with Crippen LogP contribution < -0.4 is 15.4 Å². The number of rotatable bonds is 9. The molecule has 9 heteroatoms. The van der Waals surface area contributed by atoms with E-state index >= 15 is 0 Å². The first-order valence-electron chi connectivity index (χ1n) is 11.1. The first kappa shape index (κ1) is 22.9. The number of nitrogens with one attached hydrogen (secondary N) is 2. The molecule has 3 heterocycles. The van der Waals surface area contributed by atoms with Crippen molar-refractivity contribution in [1.29, 1.82) is 0 Å². The molecule has 1 aromatic carbocycles. The molecule has 0 bridgehead atoms. The van der Waals surface area contributed by atoms with Crippen LogP contribution in [0.1, 0.15) is 20.3 Å². The largest absolute Gasteiger partial charge is 0.493 e. The van der Waals surface area contributed by atoms with Gasteiger partial charge >= 0.3 is 5.97 Å². The van der Waals surface area contributed by atoms with Crippen molar-refractivity contribution < 1.29 is 19.0 Å². The zero-order chi connectivity index (χ0) is 23.1. The molecule has 174 valence electrons. The molecule has 4 rings (SSSR count). The summed E-state index contributed by atoms with van der Waals surface area (Å²) in [6.07, 6.45) is 3.99. The predicted octanol–water partition coefficient (Wildman–Crippen LogP) is 2.81. The van der Waals surface area contributed by atoms with Crippen LogP contribution in [0.25, 0.3) is 22.3 Å². The lowest BCUT2D eigenvalue weighted by molar-refractivity contribution is -0.141. The highest BCUT2D eigenvalue weighted by atomic mass is 16.5. The average Bonchev–Trinajstić information content (AvgIpc) is 2.83. The molecule has 9 nitrogen and oxygen atoms in total. The first-order chi connectivity index (χ1) is 16.0. The Balaban J connectivity index is 1.47. The van der Waals surface area contributed by atoms with Crippen LogP contribution >= 0.6 is 0 Å². The van der Waals surface area contributed by atoms with Gasteiger partial charge in [0.2, 0.25) is 0 Å². The lowest BCUT2D eigenvalue weighted by atomic mass is 10.1. The van der Waals surface area contributed by atoms with E-state index in [1.807, 2.05) is 30.3 Å². The van der Waals surface area contributed by atoms with Gasteiger partial charge in [0.05, 0.1) is 36.6 Å². The normalized spacial score (nSPS) is 18.1. The lowest BCUT2D eigenvalue weighted by Gasteiger charge is -2.34. The Labute approximate surface area is 192 Å². The highest BCUT2D eigenvalue weighted by molar-refractivity contribution is 5.88. The fraction of sp³-hybridized carbons (Fsp3) is 0.417. The van der Waals surface area contributed by atoms with Crippen LogP contribution in [0.4, 0.5) is 5.82 Å². The van der Waals surface area contributed by atoms with Crippen molar-refractivity contribution in [2.75, 3.05) is 44.8 Å². The maximum absolute atomic E-state index is 10.8. The second-order valence-corrected chi connectivity index (χ2v) is 8.18. The molecular weight excluding hydrogens is 422 g/mol. The molecule has 0 amide bonds. The number of benzene rings is 1. The summed E-state index contributed by atoms with van der Waals surface area (Å²) in [6, 6.07) is 9.66. The number of esters is 1. The van der Waals surface area contributed by atoms with Gasteiger partial charge in [-0.15, -0.1) is 0 Å². The van der Waals surface area contributed by atoms with Crippen LogP contribution in [-0.2, 0) is 14.3 Å². The first-order valence-corrected chi connectivity index (χ1v) is 11.1. The Morgan fingerprint density at radius 2 is 2.03 bits per heavy atom. The smallest absolute Gasteiger partial charge is 0.302 e. The van der Waals surface area contributed by atoms with Crippen LogP contribution in [0.5, 0.6) is 5.75 Å². The molecule has 33 heavy (non-hydrogen) atoms. The maximum atomic E-state index is 10.8. The topological polar surface area (TPSA) is 107 Å². The molecule has 1 fully saturated rings. The van der Waals surface area contributed by atoms with Crippen molar-refractivity contribution in [1.82, 2.24) is 20.3 Å². The summed E-state index contributed by atoms with van der Waals surface area (Å²) in [5.41, 5.74) is 2.91. The quantitative estimate of drug-likeness (QED) is 0.375. The van der Waals surface area contributed by atoms with Gasteiger partial charge in [0.15, 0.2) is 5.82 Å². The fourth-order valence-electron chi connectivity index (χ4n) is 3.59. The maximum Gasteiger partial charge on any atom is 0.302 e. The average molecular weight is 452 g/mol. The zero-order valence-corrected chi connectivity index (χ0v) is 19.0. The van der Waals surface area contributed by atoms with Crippen LogP contribution in [0.15, 0.2) is 42.7 Å². The Bertz CT molecular complexity index is 1080. The number of pyridine rings is 1. The Morgan fingerprint density at radius 3 is 2.79 bits per heavy atom. The predicted molar refractivity (Wildman–Crippen MR) is 125 cm³/mol. The number of nitrogens with zero attached hydrogens (tertiary/aromatic N) is 3. The minimum absolute atomic E-state index is 0.280. The highest BCUT2D eigenvalue weighted by Gasteiger charge is 2.28. The zero-order valence-electron chi connectivity index (χ0n) is 19.0. The second-order valence-electron chi connectivity index (χ2n) is 8.18. The summed E-state index contributed by atoms with van der Waals surface area (Å²) in [6.45, 7) is 7.22. The number of anilines is 1. The molecule has 1 saturated heterocycles. The molecule has 1 aliphatic heterocycles. The van der Waals surface area contributed by atoms with E-state index in [4.69, 9.17) is 19.2 Å². The van der Waals surface area contributed by atoms with Crippen molar-refractivity contribution >= 4 is 22.8 Å². The van der Waals surface area contributed by atoms with E-state index in [0.717, 1.165) is 41.1 Å². The molecule has 3 aromatic rings. The van der Waals surface area contributed by atoms with Crippen molar-refractivity contribution in [3.8, 4) is 17.0 Å². The molecule has 0 saturated carbocycles. The second kappa shape index (κ2) is 10.5. The fourth-order valence-corrected chi connectivity index (χ4v) is 3.59. The monoisotopic (exact) mass is 451 g/mol. The highest BCUT2D eigenvalue weighted by Crippen LogP contribution is 2.27. The summed E-state index contributed by atoms with van der Waals surface area (Å²) in [5.74, 6) is 1.14. The Hall–Kier alpha value is -3.30. The van der Waals surface area contributed by atoms with Crippen LogP contribution in [0.3, 0.4) is 0 Å². The molecule has 0 radical (unpaired) electrons. The van der Waals surface area contributed by atoms with E-state index < -0.39 is 0 Å². The van der Waals surface area contributed by atoms with Gasteiger partial charge in [-0.2, -0.15) is 0 Å². The van der Waals surface area contributed by atoms with Gasteiger partial charge in [-0.1, -0.05) is 0 Å². The molecule has 0 aliphatic carbocycles.